The summed E-state index contributed by atoms with van der Waals surface area (Å²) in [6, 6.07) is 7.05. The first-order valence-electron chi connectivity index (χ1n) is 5.30. The zero-order valence-electron chi connectivity index (χ0n) is 9.26. The topological polar surface area (TPSA) is 51.0 Å². The minimum absolute atomic E-state index is 0.302. The first kappa shape index (κ1) is 10.5. The van der Waals surface area contributed by atoms with Crippen LogP contribution in [0.5, 0.6) is 5.75 Å². The maximum absolute atomic E-state index is 13.2. The Morgan fingerprint density at radius 2 is 2.06 bits per heavy atom. The van der Waals surface area contributed by atoms with E-state index in [1.54, 1.807) is 25.3 Å². The fourth-order valence-corrected chi connectivity index (χ4v) is 2.07. The van der Waals surface area contributed by atoms with Crippen molar-refractivity contribution in [2.24, 2.45) is 5.73 Å². The first-order chi connectivity index (χ1) is 7.96. The molecule has 1 aromatic carbocycles. The number of H-pyrrole nitrogens is 1. The summed E-state index contributed by atoms with van der Waals surface area (Å²) >= 11 is 0. The van der Waals surface area contributed by atoms with Crippen LogP contribution in [0.4, 0.5) is 8.78 Å². The third kappa shape index (κ3) is 1.35. The highest BCUT2D eigenvalue weighted by molar-refractivity contribution is 5.82. The molecule has 3 N–H and O–H groups in total. The van der Waals surface area contributed by atoms with Gasteiger partial charge in [0.05, 0.1) is 7.11 Å². The number of nitrogens with one attached hydrogen (secondary N) is 1. The zero-order chi connectivity index (χ0) is 12.3. The lowest BCUT2D eigenvalue weighted by Crippen LogP contribution is -2.27. The summed E-state index contributed by atoms with van der Waals surface area (Å²) in [5.41, 5.74) is 5.28. The highest BCUT2D eigenvalue weighted by Gasteiger charge is 2.70. The van der Waals surface area contributed by atoms with Gasteiger partial charge in [0.25, 0.3) is 5.92 Å². The van der Waals surface area contributed by atoms with Gasteiger partial charge in [-0.3, -0.25) is 0 Å². The van der Waals surface area contributed by atoms with Crippen LogP contribution in [0.3, 0.4) is 0 Å². The van der Waals surface area contributed by atoms with E-state index in [0.717, 1.165) is 10.9 Å². The molecule has 0 spiro atoms. The van der Waals surface area contributed by atoms with Gasteiger partial charge in [-0.15, -0.1) is 0 Å². The highest BCUT2D eigenvalue weighted by Crippen LogP contribution is 2.57. The van der Waals surface area contributed by atoms with Crippen LogP contribution in [-0.2, 0) is 5.54 Å². The minimum atomic E-state index is -2.81. The summed E-state index contributed by atoms with van der Waals surface area (Å²) in [6.45, 7) is 0. The van der Waals surface area contributed by atoms with Crippen LogP contribution in [0.15, 0.2) is 24.3 Å². The largest absolute Gasteiger partial charge is 0.497 e. The lowest BCUT2D eigenvalue weighted by atomic mass is 10.2. The summed E-state index contributed by atoms with van der Waals surface area (Å²) in [5, 5.41) is 0.855. The van der Waals surface area contributed by atoms with Crippen LogP contribution in [0.25, 0.3) is 10.9 Å². The number of fused-ring (bicyclic) bond motifs is 1. The van der Waals surface area contributed by atoms with Gasteiger partial charge < -0.3 is 15.5 Å². The maximum atomic E-state index is 13.2. The Balaban J connectivity index is 2.09. The van der Waals surface area contributed by atoms with E-state index in [0.29, 0.717) is 11.4 Å². The smallest absolute Gasteiger partial charge is 0.273 e. The number of halogens is 2. The van der Waals surface area contributed by atoms with Crippen molar-refractivity contribution in [1.29, 1.82) is 0 Å². The standard InChI is InChI=1S/C12H12F2N2O/c1-17-8-3-2-7-4-10(16-9(7)5-8)11(15)6-12(11,13)14/h2-5,16H,6,15H2,1H3. The molecular formula is C12H12F2N2O. The molecule has 3 rings (SSSR count). The van der Waals surface area contributed by atoms with Gasteiger partial charge in [0.1, 0.15) is 11.3 Å². The minimum Gasteiger partial charge on any atom is -0.497 e. The van der Waals surface area contributed by atoms with Gasteiger partial charge in [-0.2, -0.15) is 0 Å². The molecule has 1 unspecified atom stereocenters. The van der Waals surface area contributed by atoms with E-state index in [-0.39, 0.29) is 6.42 Å². The number of aromatic nitrogens is 1. The van der Waals surface area contributed by atoms with Crippen LogP contribution in [0.2, 0.25) is 0 Å². The van der Waals surface area contributed by atoms with Crippen LogP contribution in [0.1, 0.15) is 12.1 Å². The molecule has 0 bridgehead atoms. The molecule has 0 saturated heterocycles. The molecule has 1 aliphatic carbocycles. The van der Waals surface area contributed by atoms with Gasteiger partial charge in [0, 0.05) is 23.7 Å². The fraction of sp³-hybridized carbons (Fsp3) is 0.333. The number of nitrogens with two attached hydrogens (primary N) is 1. The number of rotatable bonds is 2. The Labute approximate surface area is 96.6 Å². The highest BCUT2D eigenvalue weighted by atomic mass is 19.3. The molecule has 0 amide bonds. The van der Waals surface area contributed by atoms with Crippen LogP contribution >= 0.6 is 0 Å². The molecule has 2 aromatic rings. The second-order valence-electron chi connectivity index (χ2n) is 4.49. The van der Waals surface area contributed by atoms with E-state index < -0.39 is 11.5 Å². The van der Waals surface area contributed by atoms with Crippen LogP contribution in [0, 0.1) is 0 Å². The SMILES string of the molecule is COc1ccc2cc(C3(N)CC3(F)F)[nH]c2c1. The third-order valence-corrected chi connectivity index (χ3v) is 3.34. The number of hydrogen-bond acceptors (Lipinski definition) is 2. The second-order valence-corrected chi connectivity index (χ2v) is 4.49. The molecular weight excluding hydrogens is 226 g/mol. The summed E-state index contributed by atoms with van der Waals surface area (Å²) in [6.07, 6.45) is -0.302. The molecule has 90 valence electrons. The fourth-order valence-electron chi connectivity index (χ4n) is 2.07. The Kier molecular flexibility index (Phi) is 1.85. The Hall–Kier alpha value is -1.62. The van der Waals surface area contributed by atoms with E-state index in [1.165, 1.54) is 0 Å². The summed E-state index contributed by atoms with van der Waals surface area (Å²) < 4.78 is 31.4. The molecule has 1 aromatic heterocycles. The molecule has 1 fully saturated rings. The second kappa shape index (κ2) is 2.98. The Morgan fingerprint density at radius 3 is 2.65 bits per heavy atom. The van der Waals surface area contributed by atoms with Gasteiger partial charge >= 0.3 is 0 Å². The number of hydrogen-bond donors (Lipinski definition) is 2. The van der Waals surface area contributed by atoms with E-state index >= 15 is 0 Å². The molecule has 17 heavy (non-hydrogen) atoms. The number of benzene rings is 1. The van der Waals surface area contributed by atoms with Crippen molar-refractivity contribution in [3.05, 3.63) is 30.0 Å². The predicted molar refractivity (Wildman–Crippen MR) is 60.3 cm³/mol. The number of aromatic amines is 1. The Morgan fingerprint density at radius 1 is 1.35 bits per heavy atom. The van der Waals surface area contributed by atoms with E-state index in [9.17, 15) is 8.78 Å². The molecule has 1 heterocycles. The van der Waals surface area contributed by atoms with Crippen molar-refractivity contribution in [2.45, 2.75) is 17.9 Å². The third-order valence-electron chi connectivity index (χ3n) is 3.34. The van der Waals surface area contributed by atoms with Crippen molar-refractivity contribution in [3.63, 3.8) is 0 Å². The molecule has 0 aliphatic heterocycles. The first-order valence-corrected chi connectivity index (χ1v) is 5.30. The lowest BCUT2D eigenvalue weighted by Gasteiger charge is -2.06. The average molecular weight is 238 g/mol. The monoisotopic (exact) mass is 238 g/mol. The van der Waals surface area contributed by atoms with Crippen molar-refractivity contribution >= 4 is 10.9 Å². The van der Waals surface area contributed by atoms with Crippen molar-refractivity contribution < 1.29 is 13.5 Å². The summed E-state index contributed by atoms with van der Waals surface area (Å²) in [4.78, 5) is 2.94. The van der Waals surface area contributed by atoms with Crippen molar-refractivity contribution in [3.8, 4) is 5.75 Å². The van der Waals surface area contributed by atoms with Crippen LogP contribution in [-0.4, -0.2) is 18.0 Å². The molecule has 1 saturated carbocycles. The molecule has 1 aliphatic rings. The predicted octanol–water partition coefficient (Wildman–Crippen LogP) is 2.37. The Bertz CT molecular complexity index is 593. The van der Waals surface area contributed by atoms with Gasteiger partial charge in [0.2, 0.25) is 0 Å². The summed E-state index contributed by atoms with van der Waals surface area (Å²) in [5.74, 6) is -2.13. The summed E-state index contributed by atoms with van der Waals surface area (Å²) in [7, 11) is 1.56. The zero-order valence-corrected chi connectivity index (χ0v) is 9.26. The van der Waals surface area contributed by atoms with E-state index in [2.05, 4.69) is 4.98 Å². The number of ether oxygens (including phenoxy) is 1. The molecule has 5 heteroatoms. The normalized spacial score (nSPS) is 26.1. The van der Waals surface area contributed by atoms with Gasteiger partial charge in [-0.05, 0) is 23.6 Å². The average Bonchev–Trinajstić information content (AvgIpc) is 2.66. The van der Waals surface area contributed by atoms with E-state index in [1.807, 2.05) is 6.07 Å². The van der Waals surface area contributed by atoms with E-state index in [4.69, 9.17) is 10.5 Å². The van der Waals surface area contributed by atoms with Gasteiger partial charge in [-0.25, -0.2) is 8.78 Å². The van der Waals surface area contributed by atoms with Crippen LogP contribution < -0.4 is 10.5 Å². The van der Waals surface area contributed by atoms with Crippen molar-refractivity contribution in [1.82, 2.24) is 4.98 Å². The van der Waals surface area contributed by atoms with Crippen molar-refractivity contribution in [2.75, 3.05) is 7.11 Å². The van der Waals surface area contributed by atoms with Gasteiger partial charge in [-0.1, -0.05) is 0 Å². The number of alkyl halides is 2. The quantitative estimate of drug-likeness (QED) is 0.843. The molecule has 0 radical (unpaired) electrons. The lowest BCUT2D eigenvalue weighted by molar-refractivity contribution is 0.0883. The maximum Gasteiger partial charge on any atom is 0.273 e. The number of methoxy groups -OCH3 is 1. The molecule has 1 atom stereocenters. The van der Waals surface area contributed by atoms with Gasteiger partial charge in [0.15, 0.2) is 0 Å². The molecule has 3 nitrogen and oxygen atoms in total.